The van der Waals surface area contributed by atoms with E-state index in [0.29, 0.717) is 12.3 Å². The number of anilines is 3. The predicted molar refractivity (Wildman–Crippen MR) is 91.8 cm³/mol. The molecule has 3 nitrogen and oxygen atoms in total. The summed E-state index contributed by atoms with van der Waals surface area (Å²) in [6.07, 6.45) is 0.967. The molecular formula is C15H16Br2N2O. The molecule has 0 aliphatic heterocycles. The molecule has 0 unspecified atom stereocenters. The van der Waals surface area contributed by atoms with Crippen molar-refractivity contribution in [1.29, 1.82) is 0 Å². The fourth-order valence-electron chi connectivity index (χ4n) is 1.75. The highest BCUT2D eigenvalue weighted by Gasteiger charge is 2.04. The molecule has 0 saturated carbocycles. The second kappa shape index (κ2) is 6.99. The number of rotatable bonds is 5. The summed E-state index contributed by atoms with van der Waals surface area (Å²) in [5.41, 5.74) is 8.45. The molecule has 0 fully saturated rings. The Morgan fingerprint density at radius 2 is 1.95 bits per heavy atom. The van der Waals surface area contributed by atoms with E-state index >= 15 is 0 Å². The Morgan fingerprint density at radius 3 is 2.70 bits per heavy atom. The largest absolute Gasteiger partial charge is 0.493 e. The van der Waals surface area contributed by atoms with Crippen molar-refractivity contribution in [3.05, 3.63) is 45.3 Å². The van der Waals surface area contributed by atoms with E-state index in [4.69, 9.17) is 10.5 Å². The zero-order valence-corrected chi connectivity index (χ0v) is 14.3. The predicted octanol–water partition coefficient (Wildman–Crippen LogP) is 5.33. The highest BCUT2D eigenvalue weighted by atomic mass is 79.9. The molecule has 0 spiro atoms. The van der Waals surface area contributed by atoms with Gasteiger partial charge in [-0.2, -0.15) is 0 Å². The lowest BCUT2D eigenvalue weighted by Gasteiger charge is -2.12. The van der Waals surface area contributed by atoms with Crippen LogP contribution in [0.1, 0.15) is 13.3 Å². The molecule has 0 bridgehead atoms. The lowest BCUT2D eigenvalue weighted by atomic mass is 10.2. The fourth-order valence-corrected chi connectivity index (χ4v) is 2.45. The van der Waals surface area contributed by atoms with Gasteiger partial charge in [-0.05, 0) is 46.6 Å². The summed E-state index contributed by atoms with van der Waals surface area (Å²) >= 11 is 6.98. The Hall–Kier alpha value is -1.20. The molecule has 0 aromatic heterocycles. The molecular weight excluding hydrogens is 384 g/mol. The molecule has 0 heterocycles. The van der Waals surface area contributed by atoms with Gasteiger partial charge in [-0.25, -0.2) is 0 Å². The van der Waals surface area contributed by atoms with Crippen LogP contribution in [0.15, 0.2) is 45.3 Å². The third kappa shape index (κ3) is 4.15. The lowest BCUT2D eigenvalue weighted by Crippen LogP contribution is -1.98. The number of nitrogens with one attached hydrogen (secondary N) is 1. The zero-order valence-electron chi connectivity index (χ0n) is 11.1. The van der Waals surface area contributed by atoms with E-state index in [9.17, 15) is 0 Å². The van der Waals surface area contributed by atoms with Crippen molar-refractivity contribution in [3.63, 3.8) is 0 Å². The van der Waals surface area contributed by atoms with E-state index in [1.54, 1.807) is 0 Å². The Bertz CT molecular complexity index is 602. The monoisotopic (exact) mass is 398 g/mol. The van der Waals surface area contributed by atoms with E-state index in [0.717, 1.165) is 32.5 Å². The van der Waals surface area contributed by atoms with Crippen molar-refractivity contribution < 1.29 is 4.74 Å². The van der Waals surface area contributed by atoms with Crippen molar-refractivity contribution in [2.75, 3.05) is 17.7 Å². The molecule has 0 aliphatic carbocycles. The van der Waals surface area contributed by atoms with Gasteiger partial charge in [0.15, 0.2) is 0 Å². The van der Waals surface area contributed by atoms with Crippen LogP contribution in [0.25, 0.3) is 0 Å². The molecule has 2 rings (SSSR count). The summed E-state index contributed by atoms with van der Waals surface area (Å²) in [6.45, 7) is 2.76. The van der Waals surface area contributed by atoms with Crippen LogP contribution in [0, 0.1) is 0 Å². The van der Waals surface area contributed by atoms with Crippen LogP contribution in [0.5, 0.6) is 5.75 Å². The van der Waals surface area contributed by atoms with Crippen molar-refractivity contribution in [3.8, 4) is 5.75 Å². The van der Waals surface area contributed by atoms with Crippen LogP contribution in [0.2, 0.25) is 0 Å². The average molecular weight is 400 g/mol. The lowest BCUT2D eigenvalue weighted by molar-refractivity contribution is 0.318. The van der Waals surface area contributed by atoms with E-state index in [1.807, 2.05) is 36.4 Å². The topological polar surface area (TPSA) is 47.3 Å². The van der Waals surface area contributed by atoms with Crippen LogP contribution < -0.4 is 15.8 Å². The second-order valence-corrected chi connectivity index (χ2v) is 6.16. The van der Waals surface area contributed by atoms with E-state index in [1.165, 1.54) is 0 Å². The van der Waals surface area contributed by atoms with Gasteiger partial charge in [0.1, 0.15) is 5.75 Å². The van der Waals surface area contributed by atoms with Crippen LogP contribution in [-0.2, 0) is 0 Å². The molecule has 20 heavy (non-hydrogen) atoms. The molecule has 0 aliphatic rings. The first-order valence-corrected chi connectivity index (χ1v) is 7.92. The minimum Gasteiger partial charge on any atom is -0.493 e. The Kier molecular flexibility index (Phi) is 5.31. The van der Waals surface area contributed by atoms with Gasteiger partial charge >= 0.3 is 0 Å². The first-order chi connectivity index (χ1) is 9.58. The third-order valence-corrected chi connectivity index (χ3v) is 3.79. The maximum atomic E-state index is 5.91. The fraction of sp³-hybridized carbons (Fsp3) is 0.200. The molecule has 2 aromatic rings. The molecule has 5 heteroatoms. The first kappa shape index (κ1) is 15.2. The van der Waals surface area contributed by atoms with Crippen molar-refractivity contribution >= 4 is 48.9 Å². The SMILES string of the molecule is CCCOc1cc(N)cc(Nc2cc(Br)ccc2Br)c1. The summed E-state index contributed by atoms with van der Waals surface area (Å²) < 4.78 is 7.62. The Morgan fingerprint density at radius 1 is 1.15 bits per heavy atom. The van der Waals surface area contributed by atoms with Crippen molar-refractivity contribution in [2.45, 2.75) is 13.3 Å². The zero-order chi connectivity index (χ0) is 14.5. The van der Waals surface area contributed by atoms with Gasteiger partial charge < -0.3 is 15.8 Å². The normalized spacial score (nSPS) is 10.3. The number of benzene rings is 2. The van der Waals surface area contributed by atoms with E-state index in [-0.39, 0.29) is 0 Å². The first-order valence-electron chi connectivity index (χ1n) is 6.34. The maximum Gasteiger partial charge on any atom is 0.123 e. The van der Waals surface area contributed by atoms with Crippen molar-refractivity contribution in [2.24, 2.45) is 0 Å². The van der Waals surface area contributed by atoms with Crippen molar-refractivity contribution in [1.82, 2.24) is 0 Å². The summed E-state index contributed by atoms with van der Waals surface area (Å²) in [6, 6.07) is 11.6. The highest BCUT2D eigenvalue weighted by Crippen LogP contribution is 2.31. The molecule has 0 radical (unpaired) electrons. The smallest absolute Gasteiger partial charge is 0.123 e. The molecule has 0 saturated heterocycles. The number of ether oxygens (including phenoxy) is 1. The number of hydrogen-bond acceptors (Lipinski definition) is 3. The third-order valence-electron chi connectivity index (χ3n) is 2.61. The maximum absolute atomic E-state index is 5.91. The number of nitrogen functional groups attached to an aromatic ring is 1. The van der Waals surface area contributed by atoms with Crippen LogP contribution >= 0.6 is 31.9 Å². The molecule has 106 valence electrons. The summed E-state index contributed by atoms with van der Waals surface area (Å²) in [7, 11) is 0. The summed E-state index contributed by atoms with van der Waals surface area (Å²) in [4.78, 5) is 0. The Balaban J connectivity index is 2.24. The second-order valence-electron chi connectivity index (χ2n) is 4.39. The van der Waals surface area contributed by atoms with Gasteiger partial charge in [-0.15, -0.1) is 0 Å². The number of hydrogen-bond donors (Lipinski definition) is 2. The molecule has 2 aromatic carbocycles. The number of halogens is 2. The summed E-state index contributed by atoms with van der Waals surface area (Å²) in [5, 5.41) is 3.33. The highest BCUT2D eigenvalue weighted by molar-refractivity contribution is 9.11. The van der Waals surface area contributed by atoms with Gasteiger partial charge in [0, 0.05) is 32.5 Å². The van der Waals surface area contributed by atoms with Gasteiger partial charge in [-0.1, -0.05) is 22.9 Å². The quantitative estimate of drug-likeness (QED) is 0.668. The van der Waals surface area contributed by atoms with Gasteiger partial charge in [0.2, 0.25) is 0 Å². The van der Waals surface area contributed by atoms with Gasteiger partial charge in [0.05, 0.1) is 12.3 Å². The molecule has 3 N–H and O–H groups in total. The van der Waals surface area contributed by atoms with Gasteiger partial charge in [-0.3, -0.25) is 0 Å². The van der Waals surface area contributed by atoms with Crippen LogP contribution in [-0.4, -0.2) is 6.61 Å². The number of nitrogens with two attached hydrogens (primary N) is 1. The average Bonchev–Trinajstić information content (AvgIpc) is 2.40. The van der Waals surface area contributed by atoms with E-state index < -0.39 is 0 Å². The minimum absolute atomic E-state index is 0.673. The van der Waals surface area contributed by atoms with E-state index in [2.05, 4.69) is 44.1 Å². The Labute approximate surface area is 135 Å². The van der Waals surface area contributed by atoms with Crippen LogP contribution in [0.3, 0.4) is 0 Å². The van der Waals surface area contributed by atoms with Crippen LogP contribution in [0.4, 0.5) is 17.1 Å². The molecule has 0 atom stereocenters. The molecule has 0 amide bonds. The standard InChI is InChI=1S/C15H16Br2N2O/c1-2-5-20-13-8-11(18)7-12(9-13)19-15-6-10(16)3-4-14(15)17/h3-4,6-9,19H,2,5,18H2,1H3. The summed E-state index contributed by atoms with van der Waals surface area (Å²) in [5.74, 6) is 0.778. The van der Waals surface area contributed by atoms with Gasteiger partial charge in [0.25, 0.3) is 0 Å². The minimum atomic E-state index is 0.673.